The Morgan fingerprint density at radius 2 is 2.00 bits per heavy atom. The van der Waals surface area contributed by atoms with Gasteiger partial charge in [0.2, 0.25) is 0 Å². The molecule has 0 saturated heterocycles. The van der Waals surface area contributed by atoms with Crippen LogP contribution in [-0.2, 0) is 4.79 Å². The second-order valence-corrected chi connectivity index (χ2v) is 7.81. The smallest absolute Gasteiger partial charge is 0.253 e. The Labute approximate surface area is 153 Å². The van der Waals surface area contributed by atoms with Gasteiger partial charge in [-0.05, 0) is 26.0 Å². The van der Waals surface area contributed by atoms with Crippen molar-refractivity contribution >= 4 is 23.3 Å². The Balaban J connectivity index is 1.82. The van der Waals surface area contributed by atoms with Crippen molar-refractivity contribution < 1.29 is 9.53 Å². The molecule has 1 aromatic carbocycles. The van der Waals surface area contributed by atoms with Crippen LogP contribution >= 0.6 is 11.3 Å². The number of benzene rings is 1. The first-order valence-electron chi connectivity index (χ1n) is 8.55. The molecule has 5 heteroatoms. The molecule has 0 radical (unpaired) electrons. The van der Waals surface area contributed by atoms with Gasteiger partial charge in [0.25, 0.3) is 5.91 Å². The van der Waals surface area contributed by atoms with E-state index in [-0.39, 0.29) is 11.9 Å². The van der Waals surface area contributed by atoms with E-state index in [4.69, 9.17) is 4.74 Å². The van der Waals surface area contributed by atoms with Gasteiger partial charge >= 0.3 is 0 Å². The molecule has 1 amide bonds. The highest BCUT2D eigenvalue weighted by Crippen LogP contribution is 2.33. The van der Waals surface area contributed by atoms with Crippen LogP contribution in [0.3, 0.4) is 0 Å². The number of hydrogen-bond acceptors (Lipinski definition) is 4. The van der Waals surface area contributed by atoms with E-state index in [2.05, 4.69) is 25.8 Å². The fourth-order valence-corrected chi connectivity index (χ4v) is 4.05. The molecular formula is C20H24N2O2S. The molecular weight excluding hydrogens is 332 g/mol. The molecule has 0 bridgehead atoms. The van der Waals surface area contributed by atoms with Gasteiger partial charge in [0.15, 0.2) is 0 Å². The minimum atomic E-state index is -0.0180. The van der Waals surface area contributed by atoms with E-state index in [0.717, 1.165) is 26.9 Å². The van der Waals surface area contributed by atoms with Gasteiger partial charge in [-0.2, -0.15) is 0 Å². The molecule has 4 nitrogen and oxygen atoms in total. The highest BCUT2D eigenvalue weighted by molar-refractivity contribution is 7.11. The quantitative estimate of drug-likeness (QED) is 0.806. The second kappa shape index (κ2) is 7.00. The third-order valence-corrected chi connectivity index (χ3v) is 6.16. The number of fused-ring (bicyclic) bond motifs is 1. The number of hydrogen-bond donors (Lipinski definition) is 0. The van der Waals surface area contributed by atoms with Gasteiger partial charge in [-0.15, -0.1) is 11.3 Å². The number of carbonyl (C=O) groups excluding carboxylic acids is 1. The van der Waals surface area contributed by atoms with Crippen LogP contribution in [0, 0.1) is 6.92 Å². The van der Waals surface area contributed by atoms with Gasteiger partial charge in [0.05, 0.1) is 22.3 Å². The highest BCUT2D eigenvalue weighted by Gasteiger charge is 2.26. The lowest BCUT2D eigenvalue weighted by Crippen LogP contribution is -2.33. The molecule has 132 valence electrons. The largest absolute Gasteiger partial charge is 0.488 e. The molecule has 0 aliphatic carbocycles. The van der Waals surface area contributed by atoms with E-state index in [1.807, 2.05) is 44.3 Å². The Morgan fingerprint density at radius 3 is 2.68 bits per heavy atom. The van der Waals surface area contributed by atoms with E-state index < -0.39 is 0 Å². The van der Waals surface area contributed by atoms with Gasteiger partial charge < -0.3 is 9.64 Å². The van der Waals surface area contributed by atoms with Crippen molar-refractivity contribution in [3.05, 3.63) is 51.0 Å². The molecule has 1 aliphatic heterocycles. The molecule has 2 aromatic rings. The third-order valence-electron chi connectivity index (χ3n) is 4.53. The topological polar surface area (TPSA) is 42.4 Å². The minimum absolute atomic E-state index is 0.000833. The lowest BCUT2D eigenvalue weighted by molar-refractivity contribution is -0.128. The van der Waals surface area contributed by atoms with Crippen LogP contribution in [0.15, 0.2) is 29.8 Å². The number of rotatable bonds is 4. The van der Waals surface area contributed by atoms with Gasteiger partial charge in [-0.3, -0.25) is 4.79 Å². The van der Waals surface area contributed by atoms with Crippen molar-refractivity contribution in [2.24, 2.45) is 0 Å². The zero-order valence-electron chi connectivity index (χ0n) is 15.4. The molecule has 0 N–H and O–H groups in total. The van der Waals surface area contributed by atoms with Crippen molar-refractivity contribution in [3.63, 3.8) is 0 Å². The monoisotopic (exact) mass is 356 g/mol. The number of amides is 1. The minimum Gasteiger partial charge on any atom is -0.488 e. The summed E-state index contributed by atoms with van der Waals surface area (Å²) in [5, 5.41) is 1.12. The van der Waals surface area contributed by atoms with E-state index in [0.29, 0.717) is 18.1 Å². The summed E-state index contributed by atoms with van der Waals surface area (Å²) >= 11 is 1.70. The summed E-state index contributed by atoms with van der Waals surface area (Å²) in [4.78, 5) is 20.5. The predicted octanol–water partition coefficient (Wildman–Crippen LogP) is 4.57. The maximum absolute atomic E-state index is 12.9. The molecule has 0 fully saturated rings. The van der Waals surface area contributed by atoms with Crippen LogP contribution in [0.25, 0.3) is 6.08 Å². The summed E-state index contributed by atoms with van der Waals surface area (Å²) in [6, 6.07) is 7.76. The molecule has 2 heterocycles. The summed E-state index contributed by atoms with van der Waals surface area (Å²) in [5.74, 6) is 1.23. The normalized spacial score (nSPS) is 14.6. The Morgan fingerprint density at radius 1 is 1.28 bits per heavy atom. The van der Waals surface area contributed by atoms with Crippen LogP contribution in [0.5, 0.6) is 5.75 Å². The number of nitrogens with zero attached hydrogens (tertiary/aromatic N) is 2. The van der Waals surface area contributed by atoms with Gasteiger partial charge in [-0.25, -0.2) is 4.98 Å². The molecule has 0 saturated carbocycles. The van der Waals surface area contributed by atoms with Gasteiger partial charge in [0.1, 0.15) is 12.4 Å². The molecule has 0 unspecified atom stereocenters. The van der Waals surface area contributed by atoms with Crippen LogP contribution in [0.1, 0.15) is 53.9 Å². The summed E-state index contributed by atoms with van der Waals surface area (Å²) < 4.78 is 5.73. The van der Waals surface area contributed by atoms with E-state index in [1.165, 1.54) is 0 Å². The van der Waals surface area contributed by atoms with Crippen molar-refractivity contribution in [3.8, 4) is 5.75 Å². The Bertz CT molecular complexity index is 823. The van der Waals surface area contributed by atoms with Crippen molar-refractivity contribution in [2.45, 2.75) is 39.7 Å². The summed E-state index contributed by atoms with van der Waals surface area (Å²) in [6.07, 6.45) is 1.93. The van der Waals surface area contributed by atoms with E-state index in [9.17, 15) is 4.79 Å². The predicted molar refractivity (Wildman–Crippen MR) is 102 cm³/mol. The number of likely N-dealkylation sites (N-methyl/N-ethyl adjacent to an activating group) is 1. The van der Waals surface area contributed by atoms with Crippen LogP contribution in [-0.4, -0.2) is 29.4 Å². The number of aromatic nitrogens is 1. The first-order chi connectivity index (χ1) is 11.9. The van der Waals surface area contributed by atoms with E-state index in [1.54, 1.807) is 16.2 Å². The van der Waals surface area contributed by atoms with Gasteiger partial charge in [-0.1, -0.05) is 32.0 Å². The molecule has 1 atom stereocenters. The molecule has 3 rings (SSSR count). The third kappa shape index (κ3) is 3.47. The van der Waals surface area contributed by atoms with E-state index >= 15 is 0 Å². The lowest BCUT2D eigenvalue weighted by atomic mass is 10.1. The fraction of sp³-hybridized carbons (Fsp3) is 0.400. The van der Waals surface area contributed by atoms with Crippen molar-refractivity contribution in [1.82, 2.24) is 9.88 Å². The number of ether oxygens (including phenoxy) is 1. The summed E-state index contributed by atoms with van der Waals surface area (Å²) in [7, 11) is 1.85. The fourth-order valence-electron chi connectivity index (χ4n) is 2.88. The molecule has 1 aromatic heterocycles. The Kier molecular flexibility index (Phi) is 4.95. The van der Waals surface area contributed by atoms with Crippen molar-refractivity contribution in [1.29, 1.82) is 0 Å². The van der Waals surface area contributed by atoms with Gasteiger partial charge in [0, 0.05) is 23.4 Å². The first-order valence-corrected chi connectivity index (χ1v) is 9.37. The number of aryl methyl sites for hydroxylation is 1. The second-order valence-electron chi connectivity index (χ2n) is 6.74. The molecule has 25 heavy (non-hydrogen) atoms. The van der Waals surface area contributed by atoms with Crippen LogP contribution < -0.4 is 4.74 Å². The zero-order chi connectivity index (χ0) is 18.1. The van der Waals surface area contributed by atoms with Crippen molar-refractivity contribution in [2.75, 3.05) is 13.7 Å². The number of thiazole rings is 1. The lowest BCUT2D eigenvalue weighted by Gasteiger charge is -2.27. The van der Waals surface area contributed by atoms with Crippen LogP contribution in [0.4, 0.5) is 0 Å². The zero-order valence-corrected chi connectivity index (χ0v) is 16.2. The van der Waals surface area contributed by atoms with Crippen LogP contribution in [0.2, 0.25) is 0 Å². The maximum atomic E-state index is 12.9. The Hall–Kier alpha value is -2.14. The molecule has 1 aliphatic rings. The molecule has 0 spiro atoms. The number of para-hydroxylation sites is 1. The number of carbonyl (C=O) groups is 1. The highest BCUT2D eigenvalue weighted by atomic mass is 32.1. The average Bonchev–Trinajstić information content (AvgIpc) is 3.01. The average molecular weight is 356 g/mol. The maximum Gasteiger partial charge on any atom is 0.253 e. The standard InChI is InChI=1S/C20H24N2O2S/c1-12(2)19-21-13(3)18(25-19)14(4)22(5)20(23)16-10-15-8-6-7-9-17(15)24-11-16/h6-10,12,14H,11H2,1-5H3/t14-/m1/s1. The first kappa shape index (κ1) is 17.7. The summed E-state index contributed by atoms with van der Waals surface area (Å²) in [6.45, 7) is 8.67. The summed E-state index contributed by atoms with van der Waals surface area (Å²) in [5.41, 5.74) is 2.65. The SMILES string of the molecule is Cc1nc(C(C)C)sc1[C@@H](C)N(C)C(=O)C1=Cc2ccccc2OC1.